The normalized spacial score (nSPS) is 26.0. The van der Waals surface area contributed by atoms with Gasteiger partial charge in [0.2, 0.25) is 53.4 Å². The predicted molar refractivity (Wildman–Crippen MR) is 434 cm³/mol. The number of primary amides is 1. The van der Waals surface area contributed by atoms with E-state index in [9.17, 15) is 78.3 Å². The highest BCUT2D eigenvalue weighted by Crippen LogP contribution is 2.50. The Morgan fingerprint density at radius 1 is 0.704 bits per heavy atom. The summed E-state index contributed by atoms with van der Waals surface area (Å²) in [7, 11) is 1.46. The smallest absolute Gasteiger partial charge is 0.508 e. The average Bonchev–Trinajstić information content (AvgIpc) is 0.761. The summed E-state index contributed by atoms with van der Waals surface area (Å²) in [5.41, 5.74) is 7.56. The molecule has 125 heavy (non-hydrogen) atoms. The van der Waals surface area contributed by atoms with Crippen LogP contribution in [-0.4, -0.2) is 205 Å². The summed E-state index contributed by atoms with van der Waals surface area (Å²) in [5.74, 6) is -16.6. The molecule has 22 N–H and O–H groups in total. The number of phenols is 3. The molecule has 2 saturated heterocycles. The van der Waals surface area contributed by atoms with Crippen molar-refractivity contribution >= 4 is 82.1 Å². The molecule has 42 heteroatoms. The summed E-state index contributed by atoms with van der Waals surface area (Å²) in [6.07, 6.45) is -24.6. The highest BCUT2D eigenvalue weighted by molar-refractivity contribution is 6.32. The van der Waals surface area contributed by atoms with E-state index in [1.807, 2.05) is 13.8 Å². The zero-order chi connectivity index (χ0) is 90.5. The fourth-order valence-electron chi connectivity index (χ4n) is 15.0. The number of ether oxygens (including phenoxy) is 7. The van der Waals surface area contributed by atoms with Crippen LogP contribution in [0.5, 0.6) is 51.7 Å². The molecule has 7 aromatic carbocycles. The number of aliphatic hydroxyl groups is 6. The number of hydrazine groups is 1. The highest BCUT2D eigenvalue weighted by atomic mass is 35.5. The molecular formula is C83H91Cl2F3N12O25. The van der Waals surface area contributed by atoms with E-state index >= 15 is 24.0 Å². The van der Waals surface area contributed by atoms with Crippen molar-refractivity contribution in [2.75, 3.05) is 25.5 Å². The van der Waals surface area contributed by atoms with Gasteiger partial charge in [0.15, 0.2) is 23.9 Å². The number of hydrogen-bond acceptors (Lipinski definition) is 28. The fraction of sp³-hybridized carbons (Fsp3) is 0.386. The molecule has 9 amide bonds. The zero-order valence-corrected chi connectivity index (χ0v) is 68.8. The standard InChI is InChI=1S/C83H91Cl2F3N12O25/c1-7-92-100-80(118)63-46-28-43(102)29-52(104)60(46)45-23-38(13-18-51(45)103)61-76(114)99-65(79(117)97-63)67(107)40-15-20-54(48(85)25-40)121-56-27-41-26-55(120-53-19-14-39(24-47(53)84)66(106)64(98-74(112)49(90-6)21-34(2)3)78(116)94-50(30-58(89)105)75(113)95-62(41)77(115)96-61)70(56)124-81-71(69(109)68(108)57(33-101)122-81)123-59-31-82(5,72(110)35(4)119-59)91-32-36-9-8-10-42(22-36)93-73(111)37-11-16-44(17-12-37)125-83(86,87)88/h8-20,22-29,34-35,49-50,57,59,61-69,71-72,81,90-92,101-104,106-110H,7,21,30-33H2,1-6H3,(H2,89,105)(H,93,111)(H,94,116)(H,95,113)(H,96,115)(H,97,117)(H,98,112)(H,99,114)(H,100,118)/t35-,49+,50-,57+,59?,61+,62+,63?,64?,65?,66+,67+,68+,69-,71+,72+,81?,82-/m0/s1. The highest BCUT2D eigenvalue weighted by Gasteiger charge is 2.53. The zero-order valence-electron chi connectivity index (χ0n) is 67.3. The molecule has 5 unspecified atom stereocenters. The van der Waals surface area contributed by atoms with Gasteiger partial charge in [0.05, 0.1) is 41.3 Å². The van der Waals surface area contributed by atoms with Crippen LogP contribution in [0.1, 0.15) is 128 Å². The lowest BCUT2D eigenvalue weighted by Crippen LogP contribution is -2.65. The van der Waals surface area contributed by atoms with Crippen molar-refractivity contribution in [2.24, 2.45) is 11.7 Å². The van der Waals surface area contributed by atoms with Crippen LogP contribution in [0.2, 0.25) is 10.0 Å². The first-order chi connectivity index (χ1) is 59.2. The van der Waals surface area contributed by atoms with E-state index in [4.69, 9.17) is 57.4 Å². The maximum atomic E-state index is 16.3. The fourth-order valence-corrected chi connectivity index (χ4v) is 15.4. The van der Waals surface area contributed by atoms with Crippen molar-refractivity contribution in [1.29, 1.82) is 0 Å². The molecule has 7 aliphatic rings. The van der Waals surface area contributed by atoms with E-state index in [1.54, 1.807) is 38.1 Å². The van der Waals surface area contributed by atoms with Crippen molar-refractivity contribution in [2.45, 2.75) is 176 Å². The number of aromatic hydroxyl groups is 3. The summed E-state index contributed by atoms with van der Waals surface area (Å²) in [5, 5.41) is 130. The van der Waals surface area contributed by atoms with Gasteiger partial charge in [0, 0.05) is 53.5 Å². The lowest BCUT2D eigenvalue weighted by Gasteiger charge is -2.48. The molecule has 0 aliphatic carbocycles. The molecule has 14 rings (SSSR count). The van der Waals surface area contributed by atoms with Crippen molar-refractivity contribution in [3.8, 4) is 62.9 Å². The number of aliphatic hydroxyl groups excluding tert-OH is 6. The summed E-state index contributed by atoms with van der Waals surface area (Å²) in [6.45, 7) is 7.34. The monoisotopic (exact) mass is 1780 g/mol. The number of anilines is 1. The lowest BCUT2D eigenvalue weighted by atomic mass is 9.84. The Morgan fingerprint density at radius 3 is 1.97 bits per heavy atom. The molecule has 0 radical (unpaired) electrons. The van der Waals surface area contributed by atoms with E-state index in [0.717, 1.165) is 91.0 Å². The molecule has 0 spiro atoms. The number of hydrogen-bond donors (Lipinski definition) is 21. The van der Waals surface area contributed by atoms with E-state index < -0.39 is 260 Å². The number of benzene rings is 7. The van der Waals surface area contributed by atoms with Crippen LogP contribution in [0.3, 0.4) is 0 Å². The van der Waals surface area contributed by atoms with Gasteiger partial charge in [0.1, 0.15) is 101 Å². The first-order valence-corrected chi connectivity index (χ1v) is 40.0. The maximum absolute atomic E-state index is 16.3. The molecule has 0 saturated carbocycles. The third-order valence-electron chi connectivity index (χ3n) is 21.4. The van der Waals surface area contributed by atoms with Gasteiger partial charge in [0.25, 0.3) is 11.8 Å². The Hall–Kier alpha value is -11.7. The molecule has 18 atom stereocenters. The maximum Gasteiger partial charge on any atom is 0.573 e. The van der Waals surface area contributed by atoms with Gasteiger partial charge >= 0.3 is 6.36 Å². The van der Waals surface area contributed by atoms with E-state index in [0.29, 0.717) is 5.56 Å². The summed E-state index contributed by atoms with van der Waals surface area (Å²) < 4.78 is 82.0. The van der Waals surface area contributed by atoms with Gasteiger partial charge in [-0.1, -0.05) is 74.3 Å². The van der Waals surface area contributed by atoms with Crippen LogP contribution in [0.15, 0.2) is 127 Å². The summed E-state index contributed by atoms with van der Waals surface area (Å²) in [4.78, 5) is 133. The molecule has 37 nitrogen and oxygen atoms in total. The second kappa shape index (κ2) is 38.8. The Balaban J connectivity index is 1.01. The second-order valence-electron chi connectivity index (χ2n) is 30.9. The number of carbonyl (C=O) groups is 9. The molecule has 11 bridgehead atoms. The topological polar surface area (TPSA) is 559 Å². The van der Waals surface area contributed by atoms with E-state index in [2.05, 4.69) is 63.4 Å². The largest absolute Gasteiger partial charge is 0.573 e. The number of alkyl halides is 3. The number of amides is 9. The Morgan fingerprint density at radius 2 is 1.34 bits per heavy atom. The Bertz CT molecular complexity index is 5260. The van der Waals surface area contributed by atoms with Gasteiger partial charge in [-0.2, -0.15) is 0 Å². The number of fused-ring (bicyclic) bond motifs is 15. The number of likely N-dealkylation sites (N-methyl/N-ethyl adjacent to an activating group) is 1. The molecule has 0 aromatic heterocycles. The van der Waals surface area contributed by atoms with Crippen LogP contribution in [0.4, 0.5) is 18.9 Å². The number of carbonyl (C=O) groups excluding carboxylic acids is 9. The van der Waals surface area contributed by atoms with E-state index in [-0.39, 0.29) is 65.5 Å². The van der Waals surface area contributed by atoms with Crippen LogP contribution in [-0.2, 0) is 59.1 Å². The third kappa shape index (κ3) is 21.3. The second-order valence-corrected chi connectivity index (χ2v) is 31.7. The molecule has 7 heterocycles. The van der Waals surface area contributed by atoms with Gasteiger partial charge in [-0.3, -0.25) is 48.6 Å². The molecule has 7 aliphatic heterocycles. The lowest BCUT2D eigenvalue weighted by molar-refractivity contribution is -0.334. The van der Waals surface area contributed by atoms with E-state index in [1.165, 1.54) is 26.1 Å². The molecule has 668 valence electrons. The number of nitrogens with two attached hydrogens (primary N) is 1. The summed E-state index contributed by atoms with van der Waals surface area (Å²) >= 11 is 14.4. The van der Waals surface area contributed by atoms with Crippen LogP contribution in [0.25, 0.3) is 11.1 Å². The van der Waals surface area contributed by atoms with Crippen molar-refractivity contribution in [1.82, 2.24) is 53.4 Å². The van der Waals surface area contributed by atoms with Crippen molar-refractivity contribution in [3.63, 3.8) is 0 Å². The minimum atomic E-state index is -4.97. The number of phenolic OH excluding ortho intramolecular Hbond substituents is 3. The average molecular weight is 1780 g/mol. The summed E-state index contributed by atoms with van der Waals surface area (Å²) in [6, 6.07) is 10.3. The molecule has 7 aromatic rings. The van der Waals surface area contributed by atoms with Gasteiger partial charge < -0.3 is 133 Å². The van der Waals surface area contributed by atoms with Crippen LogP contribution < -0.4 is 83.4 Å². The number of nitrogens with one attached hydrogen (secondary N) is 11. The predicted octanol–water partition coefficient (Wildman–Crippen LogP) is 3.64. The van der Waals surface area contributed by atoms with Crippen LogP contribution in [0, 0.1) is 5.92 Å². The quantitative estimate of drug-likeness (QED) is 0.0457. The Labute approximate surface area is 720 Å². The van der Waals surface area contributed by atoms with Gasteiger partial charge in [-0.25, -0.2) is 5.43 Å². The first kappa shape index (κ1) is 92.4. The van der Waals surface area contributed by atoms with Crippen molar-refractivity contribution < 1.29 is 135 Å². The van der Waals surface area contributed by atoms with Crippen LogP contribution >= 0.6 is 23.2 Å². The SMILES string of the molecule is CCNNC(=O)C1NC(=O)C2NC(=O)[C@H](NC(=O)[C@@H]3NC(=O)[C@H](CC(N)=O)NC(=O)C(NC(=O)[C@@H](CC(C)C)NC)[C@H](O)c4ccc(c(Cl)c4)Oc4cc3cc(c4OC3O[C@H](CO)[C@@H](O)[C@H](O)[C@H]3OC3C[C@](C)(NCc4cccc(NC(=O)c5ccc(OC(F)(F)F)cc5)c4)[C@H](O)[C@H](C)O3)Oc3ccc(cc3Cl)[C@H]2O)c2ccc(O)c(c2)-c2c(O)cc(O)cc21. The number of rotatable bonds is 21. The van der Waals surface area contributed by atoms with Crippen molar-refractivity contribution in [3.05, 3.63) is 176 Å². The van der Waals surface area contributed by atoms with Gasteiger partial charge in [-0.15, -0.1) is 13.2 Å². The third-order valence-corrected chi connectivity index (χ3v) is 22.0. The molecule has 2 fully saturated rings. The minimum absolute atomic E-state index is 0.00857. The van der Waals surface area contributed by atoms with Gasteiger partial charge in [-0.05, 0) is 158 Å². The minimum Gasteiger partial charge on any atom is -0.508 e. The Kier molecular flexibility index (Phi) is 28.7. The molecular weight excluding hydrogens is 1690 g/mol. The first-order valence-electron chi connectivity index (χ1n) is 39.2. The number of halogens is 5.